The lowest BCUT2D eigenvalue weighted by atomic mass is 9.96. The summed E-state index contributed by atoms with van der Waals surface area (Å²) in [4.78, 5) is 30.4. The van der Waals surface area contributed by atoms with E-state index >= 15 is 0 Å². The molecule has 0 bridgehead atoms. The fraction of sp³-hybridized carbons (Fsp3) is 0.393. The van der Waals surface area contributed by atoms with Gasteiger partial charge in [-0.3, -0.25) is 9.59 Å². The standard InChI is InChI=1S/C28H34N2O7/c1-16(2)28(36-5)26(27(34)17(3)31)30-37-15-25(33)29-20-9-8-19-13-24(32)23(22(19)14-20)12-18-6-10-21(35-4)11-7-18/h6-12,14,16-17,27-28,31,34H,13,15H2,1-5H3,(H,29,33)/b23-12-,30-26+/t17-,27+,28+/m1/s1. The lowest BCUT2D eigenvalue weighted by molar-refractivity contribution is -0.120. The van der Waals surface area contributed by atoms with Gasteiger partial charge >= 0.3 is 0 Å². The van der Waals surface area contributed by atoms with E-state index in [4.69, 9.17) is 14.3 Å². The molecule has 198 valence electrons. The molecule has 0 saturated heterocycles. The Morgan fingerprint density at radius 1 is 1.11 bits per heavy atom. The average molecular weight is 511 g/mol. The molecular formula is C28H34N2O7. The summed E-state index contributed by atoms with van der Waals surface area (Å²) in [5, 5.41) is 26.8. The number of aliphatic hydroxyl groups excluding tert-OH is 2. The van der Waals surface area contributed by atoms with Crippen LogP contribution in [0.25, 0.3) is 11.6 Å². The van der Waals surface area contributed by atoms with Gasteiger partial charge in [0.15, 0.2) is 12.4 Å². The number of amides is 1. The minimum absolute atomic E-state index is 0.00835. The molecule has 2 aromatic rings. The number of hydrogen-bond donors (Lipinski definition) is 3. The Bertz CT molecular complexity index is 1170. The van der Waals surface area contributed by atoms with Gasteiger partial charge < -0.3 is 29.8 Å². The number of nitrogens with one attached hydrogen (secondary N) is 1. The van der Waals surface area contributed by atoms with Gasteiger partial charge in [0.2, 0.25) is 0 Å². The van der Waals surface area contributed by atoms with Crippen molar-refractivity contribution in [2.45, 2.75) is 45.5 Å². The van der Waals surface area contributed by atoms with Crippen LogP contribution in [0.5, 0.6) is 5.75 Å². The second-order valence-corrected chi connectivity index (χ2v) is 9.23. The van der Waals surface area contributed by atoms with E-state index in [0.29, 0.717) is 17.7 Å². The molecule has 0 saturated carbocycles. The van der Waals surface area contributed by atoms with Crippen LogP contribution in [-0.4, -0.2) is 66.8 Å². The maximum atomic E-state index is 12.7. The van der Waals surface area contributed by atoms with Crippen molar-refractivity contribution in [1.82, 2.24) is 0 Å². The molecule has 37 heavy (non-hydrogen) atoms. The molecule has 0 fully saturated rings. The first-order chi connectivity index (χ1) is 17.6. The molecule has 0 aromatic heterocycles. The van der Waals surface area contributed by atoms with E-state index in [1.807, 2.05) is 50.3 Å². The summed E-state index contributed by atoms with van der Waals surface area (Å²) in [5.74, 6) is 0.210. The molecule has 0 aliphatic heterocycles. The fourth-order valence-electron chi connectivity index (χ4n) is 4.12. The number of benzene rings is 2. The van der Waals surface area contributed by atoms with Crippen LogP contribution < -0.4 is 10.1 Å². The SMILES string of the molecule is COc1ccc(/C=C2\C(=O)Cc3ccc(NC(=O)CO/N=C(/[C@@H](OC)C(C)C)[C@@H](O)[C@@H](C)O)cc32)cc1. The second kappa shape index (κ2) is 12.6. The summed E-state index contributed by atoms with van der Waals surface area (Å²) >= 11 is 0. The Hall–Kier alpha value is -3.53. The van der Waals surface area contributed by atoms with Crippen molar-refractivity contribution in [3.8, 4) is 5.75 Å². The number of carbonyl (C=O) groups excluding carboxylic acids is 2. The highest BCUT2D eigenvalue weighted by Gasteiger charge is 2.30. The molecule has 0 unspecified atom stereocenters. The van der Waals surface area contributed by atoms with Gasteiger partial charge in [-0.1, -0.05) is 37.2 Å². The fourth-order valence-corrected chi connectivity index (χ4v) is 4.12. The van der Waals surface area contributed by atoms with E-state index in [-0.39, 0.29) is 17.4 Å². The van der Waals surface area contributed by atoms with Crippen LogP contribution in [0, 0.1) is 5.92 Å². The molecule has 1 aliphatic carbocycles. The van der Waals surface area contributed by atoms with E-state index in [1.54, 1.807) is 19.2 Å². The van der Waals surface area contributed by atoms with Crippen LogP contribution >= 0.6 is 0 Å². The minimum Gasteiger partial charge on any atom is -0.497 e. The number of oxime groups is 1. The van der Waals surface area contributed by atoms with Crippen LogP contribution in [0.15, 0.2) is 47.6 Å². The zero-order valence-corrected chi connectivity index (χ0v) is 21.7. The first kappa shape index (κ1) is 28.0. The van der Waals surface area contributed by atoms with Gasteiger partial charge in [-0.2, -0.15) is 0 Å². The van der Waals surface area contributed by atoms with E-state index in [0.717, 1.165) is 22.4 Å². The number of ketones is 1. The predicted octanol–water partition coefficient (Wildman–Crippen LogP) is 3.08. The topological polar surface area (TPSA) is 127 Å². The molecule has 3 N–H and O–H groups in total. The molecule has 2 aromatic carbocycles. The number of aliphatic hydroxyl groups is 2. The number of hydrogen-bond acceptors (Lipinski definition) is 8. The molecule has 3 atom stereocenters. The Morgan fingerprint density at radius 3 is 2.41 bits per heavy atom. The smallest absolute Gasteiger partial charge is 0.265 e. The summed E-state index contributed by atoms with van der Waals surface area (Å²) in [5.41, 5.74) is 3.70. The van der Waals surface area contributed by atoms with Gasteiger partial charge in [0.05, 0.1) is 13.2 Å². The Balaban J connectivity index is 1.72. The zero-order valence-electron chi connectivity index (χ0n) is 21.7. The molecule has 0 heterocycles. The van der Waals surface area contributed by atoms with Crippen LogP contribution in [0.1, 0.15) is 37.5 Å². The Labute approximate surface area is 216 Å². The normalized spacial score (nSPS) is 16.9. The number of nitrogens with zero attached hydrogens (tertiary/aromatic N) is 1. The number of carbonyl (C=O) groups is 2. The Kier molecular flexibility index (Phi) is 9.57. The van der Waals surface area contributed by atoms with Gasteiger partial charge in [0, 0.05) is 24.8 Å². The van der Waals surface area contributed by atoms with Crippen LogP contribution in [0.2, 0.25) is 0 Å². The van der Waals surface area contributed by atoms with E-state index in [2.05, 4.69) is 10.5 Å². The van der Waals surface area contributed by atoms with Gasteiger partial charge in [-0.25, -0.2) is 0 Å². The van der Waals surface area contributed by atoms with Gasteiger partial charge in [-0.15, -0.1) is 0 Å². The average Bonchev–Trinajstić information content (AvgIpc) is 3.17. The monoisotopic (exact) mass is 510 g/mol. The highest BCUT2D eigenvalue weighted by atomic mass is 16.6. The molecule has 9 nitrogen and oxygen atoms in total. The molecule has 1 aliphatic rings. The number of fused-ring (bicyclic) bond motifs is 1. The van der Waals surface area contributed by atoms with Crippen LogP contribution in [-0.2, 0) is 25.6 Å². The summed E-state index contributed by atoms with van der Waals surface area (Å²) in [6, 6.07) is 12.7. The van der Waals surface area contributed by atoms with E-state index < -0.39 is 30.8 Å². The summed E-state index contributed by atoms with van der Waals surface area (Å²) in [6.45, 7) is 4.76. The van der Waals surface area contributed by atoms with Gasteiger partial charge in [0.1, 0.15) is 23.7 Å². The number of rotatable bonds is 11. The lowest BCUT2D eigenvalue weighted by Crippen LogP contribution is -2.42. The van der Waals surface area contributed by atoms with Crippen LogP contribution in [0.3, 0.4) is 0 Å². The van der Waals surface area contributed by atoms with Gasteiger partial charge in [-0.05, 0) is 59.9 Å². The molecule has 1 amide bonds. The van der Waals surface area contributed by atoms with E-state index in [1.165, 1.54) is 14.0 Å². The van der Waals surface area contributed by atoms with Crippen molar-refractivity contribution in [2.24, 2.45) is 11.1 Å². The largest absolute Gasteiger partial charge is 0.497 e. The summed E-state index contributed by atoms with van der Waals surface area (Å²) in [7, 11) is 3.06. The van der Waals surface area contributed by atoms with Crippen molar-refractivity contribution in [2.75, 3.05) is 26.1 Å². The third-order valence-corrected chi connectivity index (χ3v) is 6.04. The van der Waals surface area contributed by atoms with E-state index in [9.17, 15) is 19.8 Å². The highest BCUT2D eigenvalue weighted by molar-refractivity contribution is 6.29. The lowest BCUT2D eigenvalue weighted by Gasteiger charge is -2.25. The highest BCUT2D eigenvalue weighted by Crippen LogP contribution is 2.33. The number of Topliss-reactive ketones (excluding diaryl/α,β-unsaturated/α-hetero) is 1. The van der Waals surface area contributed by atoms with Crippen molar-refractivity contribution in [3.63, 3.8) is 0 Å². The molecular weight excluding hydrogens is 476 g/mol. The predicted molar refractivity (Wildman–Crippen MR) is 141 cm³/mol. The molecule has 3 rings (SSSR count). The first-order valence-electron chi connectivity index (χ1n) is 12.0. The summed E-state index contributed by atoms with van der Waals surface area (Å²) < 4.78 is 10.6. The molecule has 0 spiro atoms. The summed E-state index contributed by atoms with van der Waals surface area (Å²) in [6.07, 6.45) is -0.874. The quantitative estimate of drug-likeness (QED) is 0.241. The molecule has 9 heteroatoms. The minimum atomic E-state index is -1.31. The zero-order chi connectivity index (χ0) is 27.1. The molecule has 0 radical (unpaired) electrons. The van der Waals surface area contributed by atoms with Crippen molar-refractivity contribution in [1.29, 1.82) is 0 Å². The number of methoxy groups -OCH3 is 2. The third kappa shape index (κ3) is 7.03. The maximum absolute atomic E-state index is 12.7. The van der Waals surface area contributed by atoms with Crippen molar-refractivity contribution >= 4 is 34.7 Å². The Morgan fingerprint density at radius 2 is 1.81 bits per heavy atom. The van der Waals surface area contributed by atoms with Gasteiger partial charge in [0.25, 0.3) is 5.91 Å². The number of ether oxygens (including phenoxy) is 2. The third-order valence-electron chi connectivity index (χ3n) is 6.04. The van der Waals surface area contributed by atoms with Crippen LogP contribution in [0.4, 0.5) is 5.69 Å². The maximum Gasteiger partial charge on any atom is 0.265 e. The van der Waals surface area contributed by atoms with Crippen molar-refractivity contribution < 1.29 is 34.1 Å². The first-order valence-corrected chi connectivity index (χ1v) is 12.0. The van der Waals surface area contributed by atoms with Crippen molar-refractivity contribution in [3.05, 3.63) is 59.2 Å². The second-order valence-electron chi connectivity index (χ2n) is 9.23. The number of anilines is 1. The number of allylic oxidation sites excluding steroid dienone is 1.